The summed E-state index contributed by atoms with van der Waals surface area (Å²) >= 11 is 0. The maximum atomic E-state index is 12.7. The van der Waals surface area contributed by atoms with Crippen LogP contribution in [0.2, 0.25) is 0 Å². The topological polar surface area (TPSA) is 92.1 Å². The lowest BCUT2D eigenvalue weighted by Gasteiger charge is -2.23. The first kappa shape index (κ1) is 16.4. The highest BCUT2D eigenvalue weighted by Gasteiger charge is 2.34. The molecule has 1 aliphatic rings. The Morgan fingerprint density at radius 1 is 1.42 bits per heavy atom. The summed E-state index contributed by atoms with van der Waals surface area (Å²) in [5, 5.41) is 3.86. The van der Waals surface area contributed by atoms with Crippen molar-refractivity contribution in [2.24, 2.45) is 0 Å². The second-order valence-corrected chi connectivity index (χ2v) is 6.06. The predicted octanol–water partition coefficient (Wildman–Crippen LogP) is 2.17. The number of nitrogens with zero attached hydrogens (tertiary/aromatic N) is 3. The molecule has 1 atom stereocenters. The van der Waals surface area contributed by atoms with E-state index in [0.717, 1.165) is 18.5 Å². The molecule has 2 aromatic heterocycles. The fraction of sp³-hybridized carbons (Fsp3) is 0.529. The van der Waals surface area contributed by atoms with Crippen molar-refractivity contribution in [3.63, 3.8) is 0 Å². The van der Waals surface area contributed by atoms with Crippen LogP contribution in [0.4, 0.5) is 0 Å². The number of carbonyl (C=O) groups excluding carboxylic acids is 1. The number of nitrogens with one attached hydrogen (secondary N) is 1. The largest absolute Gasteiger partial charge is 0.361 e. The Labute approximate surface area is 140 Å². The van der Waals surface area contributed by atoms with Gasteiger partial charge in [-0.05, 0) is 26.2 Å². The normalized spacial score (nSPS) is 17.5. The van der Waals surface area contributed by atoms with E-state index < -0.39 is 0 Å². The van der Waals surface area contributed by atoms with Crippen LogP contribution in [0.5, 0.6) is 0 Å². The van der Waals surface area contributed by atoms with E-state index in [1.54, 1.807) is 11.0 Å². The van der Waals surface area contributed by atoms with Crippen LogP contribution in [0, 0.1) is 6.92 Å². The summed E-state index contributed by atoms with van der Waals surface area (Å²) in [4.78, 5) is 34.1. The van der Waals surface area contributed by atoms with E-state index in [9.17, 15) is 9.59 Å². The highest BCUT2D eigenvalue weighted by molar-refractivity contribution is 5.92. The van der Waals surface area contributed by atoms with Gasteiger partial charge in [0.1, 0.15) is 11.6 Å². The molecule has 7 heteroatoms. The van der Waals surface area contributed by atoms with Crippen molar-refractivity contribution in [2.75, 3.05) is 6.54 Å². The molecule has 1 aliphatic heterocycles. The zero-order valence-corrected chi connectivity index (χ0v) is 14.3. The highest BCUT2D eigenvalue weighted by Crippen LogP contribution is 2.31. The Morgan fingerprint density at radius 2 is 2.21 bits per heavy atom. The van der Waals surface area contributed by atoms with Gasteiger partial charge in [0, 0.05) is 30.3 Å². The average molecular weight is 330 g/mol. The molecule has 1 saturated heterocycles. The number of carbonyl (C=O) groups is 1. The van der Waals surface area contributed by atoms with Crippen LogP contribution in [0.25, 0.3) is 0 Å². The molecule has 1 N–H and O–H groups in total. The molecular formula is C17H22N4O3. The molecule has 3 heterocycles. The van der Waals surface area contributed by atoms with Crippen LogP contribution in [0.1, 0.15) is 66.1 Å². The summed E-state index contributed by atoms with van der Waals surface area (Å²) in [6, 6.07) is 1.45. The number of H-pyrrole nitrogens is 1. The van der Waals surface area contributed by atoms with E-state index >= 15 is 0 Å². The third-order valence-corrected chi connectivity index (χ3v) is 4.55. The van der Waals surface area contributed by atoms with Crippen molar-refractivity contribution in [2.45, 2.75) is 52.5 Å². The van der Waals surface area contributed by atoms with E-state index in [-0.39, 0.29) is 17.5 Å². The summed E-state index contributed by atoms with van der Waals surface area (Å²) in [6.07, 6.45) is 2.97. The van der Waals surface area contributed by atoms with Crippen LogP contribution in [0.15, 0.2) is 15.4 Å². The van der Waals surface area contributed by atoms with Crippen molar-refractivity contribution >= 4 is 5.91 Å². The molecule has 3 rings (SSSR count). The molecule has 128 valence electrons. The SMILES string of the molecule is CCc1cc(C(=O)N2CCCC2c2nc(C)c(CC)c(=O)[nH]2)no1. The maximum Gasteiger partial charge on any atom is 0.276 e. The lowest BCUT2D eigenvalue weighted by molar-refractivity contribution is 0.0719. The molecule has 0 aliphatic carbocycles. The number of aryl methyl sites for hydroxylation is 2. The van der Waals surface area contributed by atoms with Gasteiger partial charge in [-0.3, -0.25) is 9.59 Å². The Balaban J connectivity index is 1.90. The summed E-state index contributed by atoms with van der Waals surface area (Å²) < 4.78 is 5.13. The summed E-state index contributed by atoms with van der Waals surface area (Å²) in [5.41, 5.74) is 1.61. The van der Waals surface area contributed by atoms with Gasteiger partial charge in [0.2, 0.25) is 0 Å². The Bertz CT molecular complexity index is 808. The third kappa shape index (κ3) is 2.86. The standard InChI is InChI=1S/C17H22N4O3/c1-4-11-9-13(20-24-11)17(23)21-8-6-7-14(21)15-18-10(3)12(5-2)16(22)19-15/h9,14H,4-8H2,1-3H3,(H,18,19,22). The van der Waals surface area contributed by atoms with Crippen LogP contribution in [0.3, 0.4) is 0 Å². The third-order valence-electron chi connectivity index (χ3n) is 4.55. The summed E-state index contributed by atoms with van der Waals surface area (Å²) in [6.45, 7) is 6.33. The number of hydrogen-bond acceptors (Lipinski definition) is 5. The first-order valence-electron chi connectivity index (χ1n) is 8.41. The molecule has 0 saturated carbocycles. The zero-order valence-electron chi connectivity index (χ0n) is 14.3. The predicted molar refractivity (Wildman–Crippen MR) is 87.9 cm³/mol. The van der Waals surface area contributed by atoms with E-state index in [0.29, 0.717) is 42.2 Å². The minimum Gasteiger partial charge on any atom is -0.361 e. The van der Waals surface area contributed by atoms with Crippen molar-refractivity contribution < 1.29 is 9.32 Å². The van der Waals surface area contributed by atoms with Gasteiger partial charge in [0.25, 0.3) is 11.5 Å². The maximum absolute atomic E-state index is 12.7. The number of amides is 1. The zero-order chi connectivity index (χ0) is 17.3. The van der Waals surface area contributed by atoms with E-state index in [4.69, 9.17) is 4.52 Å². The molecular weight excluding hydrogens is 308 g/mol. The number of aromatic amines is 1. The van der Waals surface area contributed by atoms with E-state index in [2.05, 4.69) is 15.1 Å². The van der Waals surface area contributed by atoms with Crippen LogP contribution >= 0.6 is 0 Å². The van der Waals surface area contributed by atoms with Gasteiger partial charge in [0.15, 0.2) is 5.69 Å². The van der Waals surface area contributed by atoms with Crippen LogP contribution in [-0.4, -0.2) is 32.5 Å². The second kappa shape index (κ2) is 6.59. The molecule has 0 spiro atoms. The van der Waals surface area contributed by atoms with Crippen molar-refractivity contribution in [1.82, 2.24) is 20.0 Å². The molecule has 1 amide bonds. The van der Waals surface area contributed by atoms with Gasteiger partial charge >= 0.3 is 0 Å². The Morgan fingerprint density at radius 3 is 2.83 bits per heavy atom. The molecule has 0 aromatic carbocycles. The molecule has 2 aromatic rings. The van der Waals surface area contributed by atoms with Crippen molar-refractivity contribution in [1.29, 1.82) is 0 Å². The molecule has 7 nitrogen and oxygen atoms in total. The Hall–Kier alpha value is -2.44. The van der Waals surface area contributed by atoms with Gasteiger partial charge in [-0.1, -0.05) is 19.0 Å². The molecule has 0 bridgehead atoms. The fourth-order valence-electron chi connectivity index (χ4n) is 3.23. The number of likely N-dealkylation sites (tertiary alicyclic amines) is 1. The van der Waals surface area contributed by atoms with E-state index in [1.165, 1.54) is 0 Å². The molecule has 1 fully saturated rings. The lowest BCUT2D eigenvalue weighted by Crippen LogP contribution is -2.33. The van der Waals surface area contributed by atoms with Gasteiger partial charge in [-0.2, -0.15) is 0 Å². The van der Waals surface area contributed by atoms with Gasteiger partial charge in [0.05, 0.1) is 6.04 Å². The monoisotopic (exact) mass is 330 g/mol. The lowest BCUT2D eigenvalue weighted by atomic mass is 10.1. The van der Waals surface area contributed by atoms with Gasteiger partial charge < -0.3 is 14.4 Å². The Kier molecular flexibility index (Phi) is 4.51. The highest BCUT2D eigenvalue weighted by atomic mass is 16.5. The number of aromatic nitrogens is 3. The summed E-state index contributed by atoms with van der Waals surface area (Å²) in [5.74, 6) is 1.06. The number of hydrogen-bond donors (Lipinski definition) is 1. The van der Waals surface area contributed by atoms with Crippen molar-refractivity contribution in [3.05, 3.63) is 45.0 Å². The van der Waals surface area contributed by atoms with Crippen molar-refractivity contribution in [3.8, 4) is 0 Å². The smallest absolute Gasteiger partial charge is 0.276 e. The molecule has 24 heavy (non-hydrogen) atoms. The quantitative estimate of drug-likeness (QED) is 0.927. The van der Waals surface area contributed by atoms with E-state index in [1.807, 2.05) is 20.8 Å². The first-order valence-corrected chi connectivity index (χ1v) is 8.41. The molecule has 1 unspecified atom stereocenters. The van der Waals surface area contributed by atoms with Gasteiger partial charge in [-0.15, -0.1) is 0 Å². The minimum atomic E-state index is -0.225. The molecule has 0 radical (unpaired) electrons. The van der Waals surface area contributed by atoms with Crippen LogP contribution in [-0.2, 0) is 12.8 Å². The van der Waals surface area contributed by atoms with Crippen LogP contribution < -0.4 is 5.56 Å². The second-order valence-electron chi connectivity index (χ2n) is 6.06. The van der Waals surface area contributed by atoms with Gasteiger partial charge in [-0.25, -0.2) is 4.98 Å². The minimum absolute atomic E-state index is 0.117. The summed E-state index contributed by atoms with van der Waals surface area (Å²) in [7, 11) is 0. The first-order chi connectivity index (χ1) is 11.5. The number of rotatable bonds is 4. The average Bonchev–Trinajstić information content (AvgIpc) is 3.23. The fourth-order valence-corrected chi connectivity index (χ4v) is 3.23.